The lowest BCUT2D eigenvalue weighted by Gasteiger charge is -2.14. The molecule has 0 saturated heterocycles. The molecule has 2 amide bonds. The van der Waals surface area contributed by atoms with Gasteiger partial charge >= 0.3 is 6.03 Å². The van der Waals surface area contributed by atoms with E-state index < -0.39 is 0 Å². The van der Waals surface area contributed by atoms with Gasteiger partial charge in [-0.15, -0.1) is 0 Å². The highest BCUT2D eigenvalue weighted by Gasteiger charge is 2.21. The first kappa shape index (κ1) is 13.6. The number of halogens is 1. The van der Waals surface area contributed by atoms with Crippen LogP contribution in [-0.2, 0) is 6.54 Å². The number of hydrogen-bond acceptors (Lipinski definition) is 2. The molecule has 2 N–H and O–H groups in total. The average Bonchev–Trinajstić information content (AvgIpc) is 3.17. The van der Waals surface area contributed by atoms with Crippen molar-refractivity contribution < 1.29 is 9.18 Å². The molecule has 1 aliphatic rings. The Hall–Kier alpha value is -1.78. The second-order valence-corrected chi connectivity index (χ2v) is 5.19. The largest absolute Gasteiger partial charge is 0.375 e. The van der Waals surface area contributed by atoms with Gasteiger partial charge in [-0.25, -0.2) is 9.18 Å². The lowest BCUT2D eigenvalue weighted by atomic mass is 10.2. The van der Waals surface area contributed by atoms with Crippen LogP contribution in [0.2, 0.25) is 0 Å². The molecule has 19 heavy (non-hydrogen) atoms. The number of carbonyl (C=O) groups is 1. The first-order valence-corrected chi connectivity index (χ1v) is 6.53. The van der Waals surface area contributed by atoms with Crippen LogP contribution in [0.15, 0.2) is 18.2 Å². The fraction of sp³-hybridized carbons (Fsp3) is 0.500. The summed E-state index contributed by atoms with van der Waals surface area (Å²) < 4.78 is 13.7. The van der Waals surface area contributed by atoms with E-state index in [1.807, 2.05) is 6.07 Å². The van der Waals surface area contributed by atoms with E-state index in [0.717, 1.165) is 12.1 Å². The van der Waals surface area contributed by atoms with E-state index in [0.29, 0.717) is 18.2 Å². The van der Waals surface area contributed by atoms with Gasteiger partial charge in [0.05, 0.1) is 5.69 Å². The van der Waals surface area contributed by atoms with Crippen molar-refractivity contribution in [3.8, 4) is 0 Å². The molecule has 0 bridgehead atoms. The Balaban J connectivity index is 1.81. The number of hydrogen-bond donors (Lipinski definition) is 2. The van der Waals surface area contributed by atoms with Gasteiger partial charge in [0, 0.05) is 27.2 Å². The number of urea groups is 1. The number of rotatable bonds is 5. The zero-order valence-corrected chi connectivity index (χ0v) is 11.4. The van der Waals surface area contributed by atoms with Crippen LogP contribution in [0.4, 0.5) is 14.9 Å². The predicted molar refractivity (Wildman–Crippen MR) is 73.7 cm³/mol. The summed E-state index contributed by atoms with van der Waals surface area (Å²) in [5.41, 5.74) is 1.30. The van der Waals surface area contributed by atoms with Crippen molar-refractivity contribution in [2.24, 2.45) is 5.92 Å². The van der Waals surface area contributed by atoms with Crippen molar-refractivity contribution >= 4 is 11.7 Å². The molecule has 104 valence electrons. The molecule has 5 heteroatoms. The quantitative estimate of drug-likeness (QED) is 0.856. The second kappa shape index (κ2) is 5.91. The first-order valence-electron chi connectivity index (χ1n) is 6.53. The van der Waals surface area contributed by atoms with Gasteiger partial charge in [0.25, 0.3) is 0 Å². The zero-order valence-electron chi connectivity index (χ0n) is 11.4. The molecule has 1 aromatic carbocycles. The van der Waals surface area contributed by atoms with Gasteiger partial charge in [-0.2, -0.15) is 0 Å². The van der Waals surface area contributed by atoms with E-state index in [9.17, 15) is 9.18 Å². The Morgan fingerprint density at radius 1 is 1.37 bits per heavy atom. The summed E-state index contributed by atoms with van der Waals surface area (Å²) in [6.45, 7) is 1.07. The van der Waals surface area contributed by atoms with Gasteiger partial charge in [-0.3, -0.25) is 0 Å². The van der Waals surface area contributed by atoms with Gasteiger partial charge in [0.1, 0.15) is 5.82 Å². The van der Waals surface area contributed by atoms with Crippen molar-refractivity contribution in [3.05, 3.63) is 29.6 Å². The molecule has 2 rings (SSSR count). The van der Waals surface area contributed by atoms with Gasteiger partial charge in [-0.05, 0) is 36.5 Å². The van der Waals surface area contributed by atoms with Crippen LogP contribution in [0.3, 0.4) is 0 Å². The molecular weight excluding hydrogens is 245 g/mol. The minimum Gasteiger partial charge on any atom is -0.375 e. The molecule has 1 aromatic rings. The van der Waals surface area contributed by atoms with Crippen molar-refractivity contribution in [2.75, 3.05) is 25.5 Å². The van der Waals surface area contributed by atoms with E-state index in [1.54, 1.807) is 25.1 Å². The molecule has 0 atom stereocenters. The van der Waals surface area contributed by atoms with Crippen LogP contribution in [0, 0.1) is 11.7 Å². The molecule has 1 aliphatic carbocycles. The van der Waals surface area contributed by atoms with Crippen molar-refractivity contribution in [3.63, 3.8) is 0 Å². The fourth-order valence-corrected chi connectivity index (χ4v) is 1.83. The van der Waals surface area contributed by atoms with Crippen molar-refractivity contribution in [1.82, 2.24) is 10.6 Å². The Morgan fingerprint density at radius 2 is 2.11 bits per heavy atom. The lowest BCUT2D eigenvalue weighted by Crippen LogP contribution is -2.36. The topological polar surface area (TPSA) is 44.4 Å². The predicted octanol–water partition coefficient (Wildman–Crippen LogP) is 2.10. The Bertz CT molecular complexity index is 458. The molecule has 0 radical (unpaired) electrons. The molecule has 0 aliphatic heterocycles. The van der Waals surface area contributed by atoms with Crippen LogP contribution in [0.5, 0.6) is 0 Å². The third-order valence-corrected chi connectivity index (χ3v) is 3.20. The molecule has 1 fully saturated rings. The summed E-state index contributed by atoms with van der Waals surface area (Å²) in [4.78, 5) is 13.2. The van der Waals surface area contributed by atoms with E-state index in [1.165, 1.54) is 18.9 Å². The van der Waals surface area contributed by atoms with Gasteiger partial charge in [0.2, 0.25) is 0 Å². The maximum absolute atomic E-state index is 13.7. The summed E-state index contributed by atoms with van der Waals surface area (Å²) >= 11 is 0. The molecule has 0 aromatic heterocycles. The summed E-state index contributed by atoms with van der Waals surface area (Å²) in [6, 6.07) is 4.80. The summed E-state index contributed by atoms with van der Waals surface area (Å²) in [7, 11) is 3.59. The standard InChI is InChI=1S/C14H20FN3O/c1-18(2)13-6-5-11(7-12(13)15)9-17-14(19)16-8-10-3-4-10/h5-7,10H,3-4,8-9H2,1-2H3,(H2,16,17,19). The van der Waals surface area contributed by atoms with E-state index in [4.69, 9.17) is 0 Å². The lowest BCUT2D eigenvalue weighted by molar-refractivity contribution is 0.240. The van der Waals surface area contributed by atoms with E-state index in [2.05, 4.69) is 10.6 Å². The number of benzene rings is 1. The average molecular weight is 265 g/mol. The van der Waals surface area contributed by atoms with Crippen LogP contribution in [-0.4, -0.2) is 26.7 Å². The number of carbonyl (C=O) groups excluding carboxylic acids is 1. The van der Waals surface area contributed by atoms with Gasteiger partial charge in [-0.1, -0.05) is 6.07 Å². The molecule has 1 saturated carbocycles. The maximum atomic E-state index is 13.7. The third-order valence-electron chi connectivity index (χ3n) is 3.20. The van der Waals surface area contributed by atoms with Crippen molar-refractivity contribution in [2.45, 2.75) is 19.4 Å². The van der Waals surface area contributed by atoms with E-state index in [-0.39, 0.29) is 11.8 Å². The van der Waals surface area contributed by atoms with Crippen LogP contribution < -0.4 is 15.5 Å². The van der Waals surface area contributed by atoms with Crippen LogP contribution >= 0.6 is 0 Å². The van der Waals surface area contributed by atoms with Crippen LogP contribution in [0.25, 0.3) is 0 Å². The van der Waals surface area contributed by atoms with Crippen LogP contribution in [0.1, 0.15) is 18.4 Å². The second-order valence-electron chi connectivity index (χ2n) is 5.19. The maximum Gasteiger partial charge on any atom is 0.315 e. The summed E-state index contributed by atoms with van der Waals surface area (Å²) in [6.07, 6.45) is 2.41. The molecule has 0 unspecified atom stereocenters. The minimum atomic E-state index is -0.275. The minimum absolute atomic E-state index is 0.191. The Kier molecular flexibility index (Phi) is 4.24. The summed E-state index contributed by atoms with van der Waals surface area (Å²) in [5, 5.41) is 5.53. The summed E-state index contributed by atoms with van der Waals surface area (Å²) in [5.74, 6) is 0.380. The smallest absolute Gasteiger partial charge is 0.315 e. The molecule has 4 nitrogen and oxygen atoms in total. The number of nitrogens with zero attached hydrogens (tertiary/aromatic N) is 1. The monoisotopic (exact) mass is 265 g/mol. The number of anilines is 1. The highest BCUT2D eigenvalue weighted by atomic mass is 19.1. The number of amides is 2. The van der Waals surface area contributed by atoms with Gasteiger partial charge in [0.15, 0.2) is 0 Å². The van der Waals surface area contributed by atoms with Gasteiger partial charge < -0.3 is 15.5 Å². The SMILES string of the molecule is CN(C)c1ccc(CNC(=O)NCC2CC2)cc1F. The van der Waals surface area contributed by atoms with Crippen molar-refractivity contribution in [1.29, 1.82) is 0 Å². The highest BCUT2D eigenvalue weighted by molar-refractivity contribution is 5.73. The molecular formula is C14H20FN3O. The fourth-order valence-electron chi connectivity index (χ4n) is 1.83. The third kappa shape index (κ3) is 4.12. The van der Waals surface area contributed by atoms with E-state index >= 15 is 0 Å². The number of nitrogens with one attached hydrogen (secondary N) is 2. The molecule has 0 heterocycles. The Morgan fingerprint density at radius 3 is 2.68 bits per heavy atom. The zero-order chi connectivity index (χ0) is 13.8. The highest BCUT2D eigenvalue weighted by Crippen LogP contribution is 2.27. The normalized spacial score (nSPS) is 14.1. The Labute approximate surface area is 113 Å². The first-order chi connectivity index (χ1) is 9.06. The molecule has 0 spiro atoms.